The van der Waals surface area contributed by atoms with Gasteiger partial charge in [0.05, 0.1) is 0 Å². The van der Waals surface area contributed by atoms with Gasteiger partial charge in [-0.15, -0.1) is 0 Å². The Morgan fingerprint density at radius 3 is 2.46 bits per heavy atom. The first kappa shape index (κ1) is 13.9. The normalized spacial score (nSPS) is 14.2. The van der Waals surface area contributed by atoms with Crippen molar-refractivity contribution in [2.75, 3.05) is 0 Å². The van der Waals surface area contributed by atoms with E-state index in [4.69, 9.17) is 17.0 Å². The van der Waals surface area contributed by atoms with Crippen LogP contribution in [0.2, 0.25) is 0 Å². The van der Waals surface area contributed by atoms with Gasteiger partial charge < -0.3 is 0 Å². The van der Waals surface area contributed by atoms with Crippen LogP contribution < -0.4 is 0 Å². The number of halogens is 2. The van der Waals surface area contributed by atoms with Crippen LogP contribution in [-0.4, -0.2) is 0 Å². The van der Waals surface area contributed by atoms with Crippen LogP contribution in [0.25, 0.3) is 0 Å². The summed E-state index contributed by atoms with van der Waals surface area (Å²) in [5, 5.41) is 0. The zero-order chi connectivity index (χ0) is 10.1. The molecule has 0 radical (unpaired) electrons. The number of rotatable bonds is 3. The molecule has 0 saturated carbocycles. The first-order valence-corrected chi connectivity index (χ1v) is 10.9. The fraction of sp³-hybridized carbons (Fsp3) is 0.600. The van der Waals surface area contributed by atoms with Gasteiger partial charge in [-0.1, -0.05) is 31.1 Å². The molecule has 0 aromatic rings. The number of hydrogen-bond acceptors (Lipinski definition) is 0. The second-order valence-corrected chi connectivity index (χ2v) is 6.82. The van der Waals surface area contributed by atoms with Crippen molar-refractivity contribution >= 4 is 17.0 Å². The Hall–Kier alpha value is 0.943. The molecule has 0 N–H and O–H groups in total. The molecule has 0 aromatic carbocycles. The number of allylic oxidation sites excluding steroid dienone is 4. The molecule has 0 fully saturated rings. The van der Waals surface area contributed by atoms with Crippen molar-refractivity contribution in [2.24, 2.45) is 0 Å². The average Bonchev–Trinajstić information content (AvgIpc) is 2.49. The van der Waals surface area contributed by atoms with Crippen LogP contribution in [0.4, 0.5) is 0 Å². The van der Waals surface area contributed by atoms with Crippen LogP contribution in [0.3, 0.4) is 0 Å². The monoisotopic (exact) mass is 296 g/mol. The Labute approximate surface area is 100 Å². The molecule has 0 spiro atoms. The van der Waals surface area contributed by atoms with Crippen molar-refractivity contribution in [2.45, 2.75) is 39.5 Å². The van der Waals surface area contributed by atoms with Gasteiger partial charge >= 0.3 is 37.9 Å². The molecule has 13 heavy (non-hydrogen) atoms. The zero-order valence-electron chi connectivity index (χ0n) is 8.24. The summed E-state index contributed by atoms with van der Waals surface area (Å²) in [7, 11) is 9.87. The molecule has 0 unspecified atom stereocenters. The molecule has 0 heterocycles. The molecule has 0 saturated heterocycles. The molecule has 1 aliphatic carbocycles. The average molecular weight is 298 g/mol. The quantitative estimate of drug-likeness (QED) is 0.700. The van der Waals surface area contributed by atoms with Gasteiger partial charge in [0.1, 0.15) is 0 Å². The molecular formula is C10H16Cl2Zr. The van der Waals surface area contributed by atoms with Crippen LogP contribution in [0.1, 0.15) is 39.5 Å². The van der Waals surface area contributed by atoms with Gasteiger partial charge in [-0.3, -0.25) is 0 Å². The summed E-state index contributed by atoms with van der Waals surface area (Å²) < 4.78 is 0. The molecule has 0 amide bonds. The van der Waals surface area contributed by atoms with Crippen LogP contribution in [0.15, 0.2) is 23.3 Å². The van der Waals surface area contributed by atoms with E-state index in [2.05, 4.69) is 26.0 Å². The van der Waals surface area contributed by atoms with E-state index in [1.165, 1.54) is 25.7 Å². The van der Waals surface area contributed by atoms with Gasteiger partial charge in [-0.2, -0.15) is 0 Å². The van der Waals surface area contributed by atoms with E-state index in [9.17, 15) is 0 Å². The Balaban J connectivity index is 0.000000424. The first-order chi connectivity index (χ1) is 6.26. The van der Waals surface area contributed by atoms with Crippen LogP contribution in [0.5, 0.6) is 0 Å². The maximum atomic E-state index is 4.93. The molecule has 74 valence electrons. The number of hydrogen-bond donors (Lipinski definition) is 0. The first-order valence-electron chi connectivity index (χ1n) is 4.57. The maximum absolute atomic E-state index is 4.93. The molecule has 3 heteroatoms. The van der Waals surface area contributed by atoms with Crippen molar-refractivity contribution in [1.82, 2.24) is 0 Å². The van der Waals surface area contributed by atoms with Crippen molar-refractivity contribution in [3.8, 4) is 0 Å². The SMILES string of the molecule is CCCCC1=C(C)CC=C1.[Cl][Zr][Cl]. The van der Waals surface area contributed by atoms with Crippen LogP contribution in [-0.2, 0) is 20.8 Å². The van der Waals surface area contributed by atoms with Crippen molar-refractivity contribution in [3.05, 3.63) is 23.3 Å². The zero-order valence-corrected chi connectivity index (χ0v) is 12.2. The van der Waals surface area contributed by atoms with E-state index in [1.54, 1.807) is 11.1 Å². The van der Waals surface area contributed by atoms with E-state index in [1.807, 2.05) is 0 Å². The summed E-state index contributed by atoms with van der Waals surface area (Å²) in [4.78, 5) is 0. The number of unbranched alkanes of at least 4 members (excludes halogenated alkanes) is 1. The fourth-order valence-electron chi connectivity index (χ4n) is 1.32. The summed E-state index contributed by atoms with van der Waals surface area (Å²) in [6.07, 6.45) is 9.69. The second kappa shape index (κ2) is 9.50. The van der Waals surface area contributed by atoms with Gasteiger partial charge in [0.25, 0.3) is 0 Å². The Bertz CT molecular complexity index is 185. The Morgan fingerprint density at radius 1 is 1.46 bits per heavy atom. The molecule has 1 aliphatic rings. The van der Waals surface area contributed by atoms with Gasteiger partial charge in [0.15, 0.2) is 0 Å². The van der Waals surface area contributed by atoms with Crippen molar-refractivity contribution in [1.29, 1.82) is 0 Å². The predicted molar refractivity (Wildman–Crippen MR) is 57.7 cm³/mol. The fourth-order valence-corrected chi connectivity index (χ4v) is 1.32. The minimum atomic E-state index is -0.826. The third-order valence-corrected chi connectivity index (χ3v) is 2.09. The third-order valence-electron chi connectivity index (χ3n) is 2.09. The summed E-state index contributed by atoms with van der Waals surface area (Å²) in [6.45, 7) is 4.49. The molecule has 0 atom stereocenters. The Kier molecular flexibility index (Phi) is 10.2. The standard InChI is InChI=1S/C10H16.2ClH.Zr/c1-3-4-7-10-8-5-6-9(10)2;;;/h5,8H,3-4,6-7H2,1-2H3;2*1H;/q;;;+2/p-2. The van der Waals surface area contributed by atoms with Crippen LogP contribution >= 0.6 is 17.0 Å². The third kappa shape index (κ3) is 6.94. The summed E-state index contributed by atoms with van der Waals surface area (Å²) in [5.74, 6) is 0. The van der Waals surface area contributed by atoms with Gasteiger partial charge in [-0.05, 0) is 31.8 Å². The molecule has 0 aliphatic heterocycles. The van der Waals surface area contributed by atoms with Gasteiger partial charge in [0, 0.05) is 0 Å². The van der Waals surface area contributed by atoms with E-state index < -0.39 is 20.8 Å². The summed E-state index contributed by atoms with van der Waals surface area (Å²) >= 11 is -0.826. The Morgan fingerprint density at radius 2 is 2.08 bits per heavy atom. The van der Waals surface area contributed by atoms with E-state index in [0.717, 1.165) is 0 Å². The van der Waals surface area contributed by atoms with E-state index >= 15 is 0 Å². The predicted octanol–water partition coefficient (Wildman–Crippen LogP) is 4.83. The van der Waals surface area contributed by atoms with E-state index in [0.29, 0.717) is 0 Å². The molecule has 0 aromatic heterocycles. The molecular weight excluding hydrogens is 282 g/mol. The second-order valence-electron chi connectivity index (χ2n) is 3.09. The van der Waals surface area contributed by atoms with E-state index in [-0.39, 0.29) is 0 Å². The van der Waals surface area contributed by atoms with Crippen LogP contribution in [0, 0.1) is 0 Å². The minimum absolute atomic E-state index is 0.826. The summed E-state index contributed by atoms with van der Waals surface area (Å²) in [5.41, 5.74) is 3.16. The summed E-state index contributed by atoms with van der Waals surface area (Å²) in [6, 6.07) is 0. The molecule has 0 nitrogen and oxygen atoms in total. The molecule has 1 rings (SSSR count). The van der Waals surface area contributed by atoms with Gasteiger partial charge in [-0.25, -0.2) is 0 Å². The van der Waals surface area contributed by atoms with Crippen molar-refractivity contribution < 1.29 is 20.8 Å². The molecule has 0 bridgehead atoms. The van der Waals surface area contributed by atoms with Gasteiger partial charge in [0.2, 0.25) is 0 Å². The topological polar surface area (TPSA) is 0 Å². The van der Waals surface area contributed by atoms with Crippen molar-refractivity contribution in [3.63, 3.8) is 0 Å².